The molecule has 0 aliphatic heterocycles. The molecular formula is C17H25NO2. The number of rotatable bonds is 6. The molecule has 0 saturated heterocycles. The van der Waals surface area contributed by atoms with Crippen LogP contribution >= 0.6 is 0 Å². The minimum atomic E-state index is -0.500. The van der Waals surface area contributed by atoms with Crippen LogP contribution < -0.4 is 5.32 Å². The van der Waals surface area contributed by atoms with Gasteiger partial charge in [-0.3, -0.25) is 4.79 Å². The van der Waals surface area contributed by atoms with Gasteiger partial charge < -0.3 is 10.4 Å². The Morgan fingerprint density at radius 2 is 2.15 bits per heavy atom. The number of carbonyl (C=O) groups is 1. The highest BCUT2D eigenvalue weighted by Crippen LogP contribution is 2.31. The Kier molecular flexibility index (Phi) is 5.18. The first-order valence-corrected chi connectivity index (χ1v) is 7.73. The van der Waals surface area contributed by atoms with E-state index in [0.29, 0.717) is 6.42 Å². The number of aliphatic hydroxyl groups is 1. The molecule has 3 heteroatoms. The highest BCUT2D eigenvalue weighted by atomic mass is 16.3. The predicted octanol–water partition coefficient (Wildman–Crippen LogP) is 2.98. The third-order valence-electron chi connectivity index (χ3n) is 4.27. The van der Waals surface area contributed by atoms with Crippen molar-refractivity contribution in [1.82, 2.24) is 5.32 Å². The molecule has 1 unspecified atom stereocenters. The van der Waals surface area contributed by atoms with Gasteiger partial charge in [0.2, 0.25) is 5.91 Å². The van der Waals surface area contributed by atoms with Crippen molar-refractivity contribution in [1.29, 1.82) is 0 Å². The van der Waals surface area contributed by atoms with Crippen molar-refractivity contribution in [2.45, 2.75) is 58.1 Å². The lowest BCUT2D eigenvalue weighted by Gasteiger charge is -2.22. The zero-order valence-electron chi connectivity index (χ0n) is 12.4. The first-order valence-electron chi connectivity index (χ1n) is 7.73. The van der Waals surface area contributed by atoms with Crippen molar-refractivity contribution in [3.05, 3.63) is 35.4 Å². The number of amides is 1. The van der Waals surface area contributed by atoms with Crippen molar-refractivity contribution >= 4 is 5.91 Å². The van der Waals surface area contributed by atoms with Gasteiger partial charge in [0, 0.05) is 12.3 Å². The first-order chi connectivity index (χ1) is 9.67. The van der Waals surface area contributed by atoms with Gasteiger partial charge in [-0.2, -0.15) is 0 Å². The molecule has 3 nitrogen and oxygen atoms in total. The molecule has 1 aromatic carbocycles. The van der Waals surface area contributed by atoms with E-state index in [4.69, 9.17) is 0 Å². The molecule has 0 radical (unpaired) electrons. The number of aliphatic hydroxyl groups excluding tert-OH is 1. The minimum Gasteiger partial charge on any atom is -0.390 e. The number of fused-ring (bicyclic) bond motifs is 1. The lowest BCUT2D eigenvalue weighted by Crippen LogP contribution is -2.37. The molecular weight excluding hydrogens is 250 g/mol. The molecule has 2 rings (SSSR count). The summed E-state index contributed by atoms with van der Waals surface area (Å²) in [6, 6.07) is 7.73. The van der Waals surface area contributed by atoms with E-state index in [0.717, 1.165) is 36.8 Å². The van der Waals surface area contributed by atoms with Crippen LogP contribution in [0.4, 0.5) is 0 Å². The molecule has 0 saturated carbocycles. The number of hydrogen-bond donors (Lipinski definition) is 2. The van der Waals surface area contributed by atoms with Gasteiger partial charge in [0.25, 0.3) is 0 Å². The molecule has 1 amide bonds. The van der Waals surface area contributed by atoms with Crippen LogP contribution in [0.3, 0.4) is 0 Å². The standard InChI is InChI=1S/C17H25NO2/c1-3-5-8-12(4-2)17(20)18-16-14-10-7-6-9-13(14)11-15(16)19/h6-7,9-10,12,15-16,19H,3-5,8,11H2,1-2H3,(H,18,20)/t12?,15-,16+/m1/s1. The molecule has 2 N–H and O–H groups in total. The van der Waals surface area contributed by atoms with E-state index in [-0.39, 0.29) is 17.9 Å². The Hall–Kier alpha value is -1.35. The van der Waals surface area contributed by atoms with Gasteiger partial charge in [-0.25, -0.2) is 0 Å². The van der Waals surface area contributed by atoms with Gasteiger partial charge in [-0.15, -0.1) is 0 Å². The van der Waals surface area contributed by atoms with Gasteiger partial charge in [-0.1, -0.05) is 51.0 Å². The van der Waals surface area contributed by atoms with E-state index in [1.54, 1.807) is 0 Å². The molecule has 1 aromatic rings. The van der Waals surface area contributed by atoms with E-state index in [1.165, 1.54) is 0 Å². The maximum absolute atomic E-state index is 12.4. The second-order valence-corrected chi connectivity index (χ2v) is 5.70. The maximum atomic E-state index is 12.4. The SMILES string of the molecule is CCCCC(CC)C(=O)N[C@H]1c2ccccc2C[C@H]1O. The largest absolute Gasteiger partial charge is 0.390 e. The van der Waals surface area contributed by atoms with Gasteiger partial charge >= 0.3 is 0 Å². The average molecular weight is 275 g/mol. The second kappa shape index (κ2) is 6.89. The third-order valence-corrected chi connectivity index (χ3v) is 4.27. The lowest BCUT2D eigenvalue weighted by molar-refractivity contribution is -0.126. The molecule has 0 aromatic heterocycles. The summed E-state index contributed by atoms with van der Waals surface area (Å²) in [5.74, 6) is 0.150. The van der Waals surface area contributed by atoms with E-state index < -0.39 is 6.10 Å². The van der Waals surface area contributed by atoms with E-state index in [1.807, 2.05) is 24.3 Å². The van der Waals surface area contributed by atoms with Crippen LogP contribution in [0.25, 0.3) is 0 Å². The average Bonchev–Trinajstić information content (AvgIpc) is 2.76. The van der Waals surface area contributed by atoms with Crippen LogP contribution in [-0.4, -0.2) is 17.1 Å². The molecule has 1 aliphatic rings. The van der Waals surface area contributed by atoms with Crippen molar-refractivity contribution in [2.75, 3.05) is 0 Å². The summed E-state index contributed by atoms with van der Waals surface area (Å²) in [7, 11) is 0. The molecule has 0 spiro atoms. The zero-order valence-corrected chi connectivity index (χ0v) is 12.4. The molecule has 0 heterocycles. The van der Waals surface area contributed by atoms with Gasteiger partial charge in [0.05, 0.1) is 12.1 Å². The number of hydrogen-bond acceptors (Lipinski definition) is 2. The molecule has 0 fully saturated rings. The van der Waals surface area contributed by atoms with Crippen molar-refractivity contribution < 1.29 is 9.90 Å². The number of carbonyl (C=O) groups excluding carboxylic acids is 1. The summed E-state index contributed by atoms with van der Waals surface area (Å²) in [4.78, 5) is 12.4. The van der Waals surface area contributed by atoms with Crippen LogP contribution in [0.5, 0.6) is 0 Å². The van der Waals surface area contributed by atoms with Crippen molar-refractivity contribution in [2.24, 2.45) is 5.92 Å². The van der Waals surface area contributed by atoms with Crippen LogP contribution in [0.2, 0.25) is 0 Å². The Balaban J connectivity index is 2.04. The maximum Gasteiger partial charge on any atom is 0.223 e. The number of nitrogens with one attached hydrogen (secondary N) is 1. The fourth-order valence-electron chi connectivity index (χ4n) is 2.99. The molecule has 20 heavy (non-hydrogen) atoms. The quantitative estimate of drug-likeness (QED) is 0.838. The van der Waals surface area contributed by atoms with Crippen LogP contribution in [0.1, 0.15) is 56.7 Å². The van der Waals surface area contributed by atoms with Crippen molar-refractivity contribution in [3.63, 3.8) is 0 Å². The summed E-state index contributed by atoms with van der Waals surface area (Å²) in [6.45, 7) is 4.19. The Morgan fingerprint density at radius 1 is 1.40 bits per heavy atom. The van der Waals surface area contributed by atoms with E-state index >= 15 is 0 Å². The Morgan fingerprint density at radius 3 is 2.85 bits per heavy atom. The minimum absolute atomic E-state index is 0.0647. The highest BCUT2D eigenvalue weighted by molar-refractivity contribution is 5.79. The molecule has 1 aliphatic carbocycles. The second-order valence-electron chi connectivity index (χ2n) is 5.70. The van der Waals surface area contributed by atoms with Crippen LogP contribution in [-0.2, 0) is 11.2 Å². The monoisotopic (exact) mass is 275 g/mol. The van der Waals surface area contributed by atoms with E-state index in [9.17, 15) is 9.90 Å². The predicted molar refractivity (Wildman–Crippen MR) is 80.3 cm³/mol. The summed E-state index contributed by atoms with van der Waals surface area (Å²) in [6.07, 6.45) is 4.11. The number of unbranched alkanes of at least 4 members (excludes halogenated alkanes) is 1. The van der Waals surface area contributed by atoms with Gasteiger partial charge in [0.1, 0.15) is 0 Å². The zero-order chi connectivity index (χ0) is 14.5. The number of benzene rings is 1. The molecule has 110 valence electrons. The summed E-state index contributed by atoms with van der Waals surface area (Å²) >= 11 is 0. The molecule has 0 bridgehead atoms. The van der Waals surface area contributed by atoms with Crippen LogP contribution in [0.15, 0.2) is 24.3 Å². The Bertz CT molecular complexity index is 458. The molecule has 3 atom stereocenters. The third kappa shape index (κ3) is 3.21. The Labute approximate surface area is 121 Å². The fraction of sp³-hybridized carbons (Fsp3) is 0.588. The lowest BCUT2D eigenvalue weighted by atomic mass is 9.97. The van der Waals surface area contributed by atoms with Gasteiger partial charge in [0.15, 0.2) is 0 Å². The van der Waals surface area contributed by atoms with Crippen molar-refractivity contribution in [3.8, 4) is 0 Å². The van der Waals surface area contributed by atoms with E-state index in [2.05, 4.69) is 19.2 Å². The topological polar surface area (TPSA) is 49.3 Å². The normalized spacial score (nSPS) is 22.4. The van der Waals surface area contributed by atoms with Gasteiger partial charge in [-0.05, 0) is 24.0 Å². The highest BCUT2D eigenvalue weighted by Gasteiger charge is 2.32. The summed E-state index contributed by atoms with van der Waals surface area (Å²) in [5, 5.41) is 13.2. The summed E-state index contributed by atoms with van der Waals surface area (Å²) in [5.41, 5.74) is 2.21. The fourth-order valence-corrected chi connectivity index (χ4v) is 2.99. The smallest absolute Gasteiger partial charge is 0.223 e. The first kappa shape index (κ1) is 15.0. The summed E-state index contributed by atoms with van der Waals surface area (Å²) < 4.78 is 0. The van der Waals surface area contributed by atoms with Crippen LogP contribution in [0, 0.1) is 5.92 Å².